The quantitative estimate of drug-likeness (QED) is 0.454. The van der Waals surface area contributed by atoms with Gasteiger partial charge < -0.3 is 9.84 Å². The third-order valence-corrected chi connectivity index (χ3v) is 6.73. The van der Waals surface area contributed by atoms with Crippen molar-refractivity contribution >= 4 is 39.7 Å². The summed E-state index contributed by atoms with van der Waals surface area (Å²) in [6.07, 6.45) is 2.35. The van der Waals surface area contributed by atoms with Crippen LogP contribution >= 0.6 is 11.6 Å². The number of amides is 1. The van der Waals surface area contributed by atoms with E-state index in [0.29, 0.717) is 29.2 Å². The van der Waals surface area contributed by atoms with Crippen molar-refractivity contribution in [3.05, 3.63) is 59.1 Å². The summed E-state index contributed by atoms with van der Waals surface area (Å²) < 4.78 is 32.0. The van der Waals surface area contributed by atoms with Crippen LogP contribution in [0.2, 0.25) is 5.02 Å². The first-order chi connectivity index (χ1) is 14.8. The zero-order valence-corrected chi connectivity index (χ0v) is 17.8. The van der Waals surface area contributed by atoms with Crippen LogP contribution in [0.4, 0.5) is 0 Å². The van der Waals surface area contributed by atoms with Gasteiger partial charge in [-0.05, 0) is 66.9 Å². The van der Waals surface area contributed by atoms with Crippen molar-refractivity contribution in [2.45, 2.75) is 23.8 Å². The number of carbonyl (C=O) groups excluding carboxylic acids is 1. The van der Waals surface area contributed by atoms with E-state index in [1.807, 2.05) is 0 Å². The summed E-state index contributed by atoms with van der Waals surface area (Å²) >= 11 is 5.83. The molecule has 3 rings (SSSR count). The fourth-order valence-corrected chi connectivity index (χ4v) is 4.85. The van der Waals surface area contributed by atoms with Gasteiger partial charge in [0.2, 0.25) is 10.0 Å². The predicted octanol–water partition coefficient (Wildman–Crippen LogP) is 2.11. The van der Waals surface area contributed by atoms with E-state index in [1.165, 1.54) is 34.8 Å². The lowest BCUT2D eigenvalue weighted by molar-refractivity contribution is -0.139. The van der Waals surface area contributed by atoms with Crippen LogP contribution < -0.4 is 10.2 Å². The SMILES string of the molecule is O=C(O)COc1ccc(/C=N\NC(=O)[C@@H]2CCCN2S(=O)(=O)c2ccc(Cl)cc2)cc1. The van der Waals surface area contributed by atoms with Crippen LogP contribution in [0, 0.1) is 0 Å². The summed E-state index contributed by atoms with van der Waals surface area (Å²) in [5.74, 6) is -1.21. The fourth-order valence-electron chi connectivity index (χ4n) is 3.07. The number of nitrogens with one attached hydrogen (secondary N) is 1. The van der Waals surface area contributed by atoms with Gasteiger partial charge in [0.15, 0.2) is 6.61 Å². The van der Waals surface area contributed by atoms with Gasteiger partial charge in [0.05, 0.1) is 11.1 Å². The van der Waals surface area contributed by atoms with Crippen LogP contribution in [0.15, 0.2) is 58.5 Å². The Hall–Kier alpha value is -2.95. The molecule has 1 saturated heterocycles. The highest BCUT2D eigenvalue weighted by Crippen LogP contribution is 2.27. The molecule has 1 aliphatic rings. The van der Waals surface area contributed by atoms with E-state index in [1.54, 1.807) is 24.3 Å². The van der Waals surface area contributed by atoms with E-state index < -0.39 is 34.5 Å². The second-order valence-corrected chi connectivity index (χ2v) is 9.04. The molecule has 0 unspecified atom stereocenters. The Morgan fingerprint density at radius 1 is 1.19 bits per heavy atom. The molecule has 0 saturated carbocycles. The van der Waals surface area contributed by atoms with Crippen molar-refractivity contribution in [3.8, 4) is 5.75 Å². The highest BCUT2D eigenvalue weighted by molar-refractivity contribution is 7.89. The Labute approximate surface area is 184 Å². The summed E-state index contributed by atoms with van der Waals surface area (Å²) in [6, 6.07) is 11.4. The van der Waals surface area contributed by atoms with Crippen molar-refractivity contribution in [2.24, 2.45) is 5.10 Å². The van der Waals surface area contributed by atoms with E-state index in [4.69, 9.17) is 21.4 Å². The maximum atomic E-state index is 12.9. The number of carboxylic acid groups (broad SMARTS) is 1. The molecule has 1 amide bonds. The van der Waals surface area contributed by atoms with Crippen LogP contribution in [0.25, 0.3) is 0 Å². The highest BCUT2D eigenvalue weighted by atomic mass is 35.5. The number of benzene rings is 2. The lowest BCUT2D eigenvalue weighted by Crippen LogP contribution is -2.44. The van der Waals surface area contributed by atoms with Crippen LogP contribution in [0.1, 0.15) is 18.4 Å². The topological polar surface area (TPSA) is 125 Å². The molecule has 0 radical (unpaired) electrons. The summed E-state index contributed by atoms with van der Waals surface area (Å²) in [5, 5.41) is 12.9. The van der Waals surface area contributed by atoms with Gasteiger partial charge in [-0.15, -0.1) is 0 Å². The van der Waals surface area contributed by atoms with Gasteiger partial charge >= 0.3 is 5.97 Å². The first-order valence-corrected chi connectivity index (χ1v) is 11.1. The molecule has 1 aliphatic heterocycles. The maximum Gasteiger partial charge on any atom is 0.341 e. The third-order valence-electron chi connectivity index (χ3n) is 4.56. The van der Waals surface area contributed by atoms with Gasteiger partial charge in [0, 0.05) is 11.6 Å². The van der Waals surface area contributed by atoms with Crippen molar-refractivity contribution in [1.82, 2.24) is 9.73 Å². The van der Waals surface area contributed by atoms with E-state index in [-0.39, 0.29) is 11.4 Å². The van der Waals surface area contributed by atoms with Gasteiger partial charge in [-0.25, -0.2) is 18.6 Å². The zero-order chi connectivity index (χ0) is 22.4. The average Bonchev–Trinajstić information content (AvgIpc) is 3.24. The van der Waals surface area contributed by atoms with Gasteiger partial charge in [0.1, 0.15) is 11.8 Å². The predicted molar refractivity (Wildman–Crippen MR) is 114 cm³/mol. The van der Waals surface area contributed by atoms with E-state index in [9.17, 15) is 18.0 Å². The van der Waals surface area contributed by atoms with Gasteiger partial charge in [-0.3, -0.25) is 4.79 Å². The summed E-state index contributed by atoms with van der Waals surface area (Å²) in [6.45, 7) is -0.203. The zero-order valence-electron chi connectivity index (χ0n) is 16.3. The number of aliphatic carboxylic acids is 1. The fraction of sp³-hybridized carbons (Fsp3) is 0.250. The standard InChI is InChI=1S/C20H20ClN3O6S/c21-15-5-9-17(10-6-15)31(28,29)24-11-1-2-18(24)20(27)23-22-12-14-3-7-16(8-4-14)30-13-19(25)26/h3-10,12,18H,1-2,11,13H2,(H,23,27)(H,25,26)/b22-12-/t18-/m0/s1. The number of hydrogen-bond acceptors (Lipinski definition) is 6. The first kappa shape index (κ1) is 22.7. The lowest BCUT2D eigenvalue weighted by atomic mass is 10.2. The van der Waals surface area contributed by atoms with Crippen molar-refractivity contribution in [1.29, 1.82) is 0 Å². The Balaban J connectivity index is 1.61. The maximum absolute atomic E-state index is 12.9. The van der Waals surface area contributed by atoms with Crippen molar-refractivity contribution < 1.29 is 27.9 Å². The Morgan fingerprint density at radius 3 is 2.52 bits per heavy atom. The minimum atomic E-state index is -3.84. The number of sulfonamides is 1. The molecule has 0 bridgehead atoms. The lowest BCUT2D eigenvalue weighted by Gasteiger charge is -2.22. The Kier molecular flexibility index (Phi) is 7.26. The molecule has 2 aromatic carbocycles. The number of carbonyl (C=O) groups is 2. The molecule has 0 spiro atoms. The number of nitrogens with zero attached hydrogens (tertiary/aromatic N) is 2. The van der Waals surface area contributed by atoms with E-state index in [0.717, 1.165) is 0 Å². The van der Waals surface area contributed by atoms with Gasteiger partial charge in [-0.1, -0.05) is 11.6 Å². The monoisotopic (exact) mass is 465 g/mol. The summed E-state index contributed by atoms with van der Waals surface area (Å²) in [7, 11) is -3.84. The van der Waals surface area contributed by atoms with E-state index >= 15 is 0 Å². The van der Waals surface area contributed by atoms with Crippen molar-refractivity contribution in [2.75, 3.05) is 13.2 Å². The summed E-state index contributed by atoms with van der Waals surface area (Å²) in [4.78, 5) is 23.1. The number of halogens is 1. The molecule has 9 nitrogen and oxygen atoms in total. The largest absolute Gasteiger partial charge is 0.482 e. The smallest absolute Gasteiger partial charge is 0.341 e. The number of hydrogen-bond donors (Lipinski definition) is 2. The highest BCUT2D eigenvalue weighted by Gasteiger charge is 2.39. The molecule has 2 N–H and O–H groups in total. The molecule has 1 heterocycles. The number of rotatable bonds is 8. The number of ether oxygens (including phenoxy) is 1. The molecule has 0 aromatic heterocycles. The minimum Gasteiger partial charge on any atom is -0.482 e. The minimum absolute atomic E-state index is 0.0744. The molecular formula is C20H20ClN3O6S. The second kappa shape index (κ2) is 9.90. The number of carboxylic acids is 1. The number of hydrazone groups is 1. The van der Waals surface area contributed by atoms with Gasteiger partial charge in [-0.2, -0.15) is 9.41 Å². The normalized spacial score (nSPS) is 17.0. The van der Waals surface area contributed by atoms with Gasteiger partial charge in [0.25, 0.3) is 5.91 Å². The van der Waals surface area contributed by atoms with Crippen molar-refractivity contribution in [3.63, 3.8) is 0 Å². The Bertz CT molecular complexity index is 1070. The molecule has 11 heteroatoms. The molecule has 164 valence electrons. The average molecular weight is 466 g/mol. The van der Waals surface area contributed by atoms with E-state index in [2.05, 4.69) is 10.5 Å². The van der Waals surface area contributed by atoms with Crippen LogP contribution in [-0.4, -0.2) is 55.1 Å². The summed E-state index contributed by atoms with van der Waals surface area (Å²) in [5.41, 5.74) is 3.02. The molecule has 0 aliphatic carbocycles. The van der Waals surface area contributed by atoms with Crippen LogP contribution in [-0.2, 0) is 19.6 Å². The Morgan fingerprint density at radius 2 is 1.87 bits per heavy atom. The van der Waals surface area contributed by atoms with Crippen LogP contribution in [0.3, 0.4) is 0 Å². The second-order valence-electron chi connectivity index (χ2n) is 6.71. The molecule has 1 fully saturated rings. The molecule has 31 heavy (non-hydrogen) atoms. The molecule has 2 aromatic rings. The molecular weight excluding hydrogens is 446 g/mol. The molecule has 1 atom stereocenters. The first-order valence-electron chi connectivity index (χ1n) is 9.32. The van der Waals surface area contributed by atoms with Crippen LogP contribution in [0.5, 0.6) is 5.75 Å². The third kappa shape index (κ3) is 5.81.